The summed E-state index contributed by atoms with van der Waals surface area (Å²) in [4.78, 5) is 33.1. The van der Waals surface area contributed by atoms with E-state index in [0.29, 0.717) is 0 Å². The monoisotopic (exact) mass is 265 g/mol. The maximum atomic E-state index is 11.4. The Morgan fingerprint density at radius 3 is 2.32 bits per heavy atom. The molecule has 7 nitrogen and oxygen atoms in total. The summed E-state index contributed by atoms with van der Waals surface area (Å²) in [5, 5.41) is 2.18. The first kappa shape index (κ1) is 14.5. The van der Waals surface area contributed by atoms with Crippen molar-refractivity contribution in [3.63, 3.8) is 0 Å². The molecule has 0 saturated heterocycles. The van der Waals surface area contributed by atoms with Crippen molar-refractivity contribution in [2.24, 2.45) is 11.5 Å². The molecule has 0 heterocycles. The van der Waals surface area contributed by atoms with Gasteiger partial charge in [-0.05, 0) is 5.56 Å². The summed E-state index contributed by atoms with van der Waals surface area (Å²) in [6, 6.07) is 7.83. The minimum atomic E-state index is -1.17. The number of carbonyl (C=O) groups excluding carboxylic acids is 3. The van der Waals surface area contributed by atoms with Crippen LogP contribution in [0, 0.1) is 0 Å². The molecule has 0 unspecified atom stereocenters. The van der Waals surface area contributed by atoms with Gasteiger partial charge in [-0.1, -0.05) is 30.3 Å². The van der Waals surface area contributed by atoms with Crippen molar-refractivity contribution in [3.8, 4) is 0 Å². The number of nitrogens with two attached hydrogens (primary N) is 2. The summed E-state index contributed by atoms with van der Waals surface area (Å²) in [7, 11) is 0. The van der Waals surface area contributed by atoms with Gasteiger partial charge < -0.3 is 21.5 Å². The van der Waals surface area contributed by atoms with Gasteiger partial charge in [0.2, 0.25) is 11.8 Å². The second-order valence-electron chi connectivity index (χ2n) is 3.83. The first-order chi connectivity index (χ1) is 8.99. The fourth-order valence-electron chi connectivity index (χ4n) is 1.33. The summed E-state index contributed by atoms with van der Waals surface area (Å²) >= 11 is 0. The molecule has 102 valence electrons. The fourth-order valence-corrected chi connectivity index (χ4v) is 1.33. The van der Waals surface area contributed by atoms with Crippen molar-refractivity contribution >= 4 is 17.9 Å². The van der Waals surface area contributed by atoms with E-state index in [-0.39, 0.29) is 13.0 Å². The zero-order chi connectivity index (χ0) is 14.3. The van der Waals surface area contributed by atoms with Crippen LogP contribution in [0.2, 0.25) is 0 Å². The topological polar surface area (TPSA) is 125 Å². The van der Waals surface area contributed by atoms with Crippen LogP contribution in [-0.2, 0) is 20.9 Å². The summed E-state index contributed by atoms with van der Waals surface area (Å²) < 4.78 is 4.88. The molecule has 0 spiro atoms. The van der Waals surface area contributed by atoms with Crippen LogP contribution in [0.15, 0.2) is 30.3 Å². The molecule has 1 rings (SSSR count). The molecule has 7 heteroatoms. The fraction of sp³-hybridized carbons (Fsp3) is 0.250. The maximum Gasteiger partial charge on any atom is 0.408 e. The lowest BCUT2D eigenvalue weighted by Crippen LogP contribution is -2.46. The van der Waals surface area contributed by atoms with Gasteiger partial charge in [-0.15, -0.1) is 0 Å². The Kier molecular flexibility index (Phi) is 5.34. The van der Waals surface area contributed by atoms with E-state index in [4.69, 9.17) is 16.2 Å². The predicted molar refractivity (Wildman–Crippen MR) is 66.6 cm³/mol. The van der Waals surface area contributed by atoms with Crippen molar-refractivity contribution in [2.75, 3.05) is 0 Å². The maximum absolute atomic E-state index is 11.4. The second-order valence-corrected chi connectivity index (χ2v) is 3.83. The van der Waals surface area contributed by atoms with E-state index >= 15 is 0 Å². The lowest BCUT2D eigenvalue weighted by Gasteiger charge is -2.13. The summed E-state index contributed by atoms with van der Waals surface area (Å²) in [6.45, 7) is 0.0503. The molecule has 0 aromatic heterocycles. The zero-order valence-electron chi connectivity index (χ0n) is 10.2. The second kappa shape index (κ2) is 7.00. The van der Waals surface area contributed by atoms with Crippen LogP contribution in [0.3, 0.4) is 0 Å². The summed E-state index contributed by atoms with van der Waals surface area (Å²) in [5.74, 6) is -1.59. The number of amides is 3. The number of primary amides is 2. The summed E-state index contributed by atoms with van der Waals surface area (Å²) in [5.41, 5.74) is 10.8. The molecule has 0 aliphatic rings. The van der Waals surface area contributed by atoms with Crippen molar-refractivity contribution in [1.29, 1.82) is 0 Å². The highest BCUT2D eigenvalue weighted by Crippen LogP contribution is 2.01. The van der Waals surface area contributed by atoms with Gasteiger partial charge >= 0.3 is 6.09 Å². The number of alkyl carbamates (subject to hydrolysis) is 1. The third-order valence-corrected chi connectivity index (χ3v) is 2.25. The van der Waals surface area contributed by atoms with Crippen LogP contribution in [-0.4, -0.2) is 23.9 Å². The lowest BCUT2D eigenvalue weighted by atomic mass is 10.2. The molecule has 1 atom stereocenters. The van der Waals surface area contributed by atoms with E-state index in [0.717, 1.165) is 5.56 Å². The van der Waals surface area contributed by atoms with Gasteiger partial charge in [0.25, 0.3) is 0 Å². The third-order valence-electron chi connectivity index (χ3n) is 2.25. The molecule has 0 aliphatic carbocycles. The van der Waals surface area contributed by atoms with Crippen molar-refractivity contribution < 1.29 is 19.1 Å². The van der Waals surface area contributed by atoms with Crippen LogP contribution in [0.4, 0.5) is 4.79 Å². The SMILES string of the molecule is NC(=O)C[C@@H](NC(=O)OCc1ccccc1)C(N)=O. The number of benzene rings is 1. The van der Waals surface area contributed by atoms with Gasteiger partial charge in [0, 0.05) is 0 Å². The van der Waals surface area contributed by atoms with Crippen LogP contribution in [0.5, 0.6) is 0 Å². The number of carbonyl (C=O) groups is 3. The molecule has 0 radical (unpaired) electrons. The van der Waals surface area contributed by atoms with Crippen molar-refractivity contribution in [3.05, 3.63) is 35.9 Å². The van der Waals surface area contributed by atoms with Gasteiger partial charge in [0.05, 0.1) is 6.42 Å². The van der Waals surface area contributed by atoms with Crippen molar-refractivity contribution in [2.45, 2.75) is 19.1 Å². The highest BCUT2D eigenvalue weighted by Gasteiger charge is 2.20. The molecular formula is C12H15N3O4. The molecule has 0 bridgehead atoms. The highest BCUT2D eigenvalue weighted by molar-refractivity contribution is 5.89. The quantitative estimate of drug-likeness (QED) is 0.649. The highest BCUT2D eigenvalue weighted by atomic mass is 16.5. The number of hydrogen-bond donors (Lipinski definition) is 3. The van der Waals surface area contributed by atoms with Crippen LogP contribution in [0.25, 0.3) is 0 Å². The smallest absolute Gasteiger partial charge is 0.408 e. The van der Waals surface area contributed by atoms with Gasteiger partial charge in [0.1, 0.15) is 12.6 Å². The average molecular weight is 265 g/mol. The first-order valence-corrected chi connectivity index (χ1v) is 5.54. The van der Waals surface area contributed by atoms with Gasteiger partial charge in [-0.2, -0.15) is 0 Å². The van der Waals surface area contributed by atoms with E-state index in [1.54, 1.807) is 24.3 Å². The third kappa shape index (κ3) is 5.53. The molecular weight excluding hydrogens is 250 g/mol. The van der Waals surface area contributed by atoms with E-state index < -0.39 is 23.9 Å². The van der Waals surface area contributed by atoms with Crippen LogP contribution >= 0.6 is 0 Å². The van der Waals surface area contributed by atoms with E-state index in [9.17, 15) is 14.4 Å². The van der Waals surface area contributed by atoms with Crippen molar-refractivity contribution in [1.82, 2.24) is 5.32 Å². The summed E-state index contributed by atoms with van der Waals surface area (Å²) in [6.07, 6.45) is -1.20. The first-order valence-electron chi connectivity index (χ1n) is 5.54. The average Bonchev–Trinajstić information content (AvgIpc) is 2.36. The molecule has 0 aliphatic heterocycles. The Labute approximate surface area is 109 Å². The normalized spacial score (nSPS) is 11.4. The standard InChI is InChI=1S/C12H15N3O4/c13-10(16)6-9(11(14)17)15-12(18)19-7-8-4-2-1-3-5-8/h1-5,9H,6-7H2,(H2,13,16)(H2,14,17)(H,15,18)/t9-/m1/s1. The zero-order valence-corrected chi connectivity index (χ0v) is 10.2. The number of ether oxygens (including phenoxy) is 1. The molecule has 1 aromatic rings. The number of hydrogen-bond acceptors (Lipinski definition) is 4. The van der Waals surface area contributed by atoms with Crippen LogP contribution < -0.4 is 16.8 Å². The van der Waals surface area contributed by atoms with Gasteiger partial charge in [-0.25, -0.2) is 4.79 Å². The molecule has 1 aromatic carbocycles. The van der Waals surface area contributed by atoms with Gasteiger partial charge in [0.15, 0.2) is 0 Å². The van der Waals surface area contributed by atoms with E-state index in [1.165, 1.54) is 0 Å². The number of nitrogens with one attached hydrogen (secondary N) is 1. The molecule has 3 amide bonds. The Hall–Kier alpha value is -2.57. The van der Waals surface area contributed by atoms with Gasteiger partial charge in [-0.3, -0.25) is 9.59 Å². The predicted octanol–water partition coefficient (Wildman–Crippen LogP) is -0.358. The molecule has 0 fully saturated rings. The van der Waals surface area contributed by atoms with E-state index in [2.05, 4.69) is 5.32 Å². The Morgan fingerprint density at radius 1 is 1.16 bits per heavy atom. The Morgan fingerprint density at radius 2 is 1.79 bits per heavy atom. The van der Waals surface area contributed by atoms with E-state index in [1.807, 2.05) is 6.07 Å². The molecule has 0 saturated carbocycles. The van der Waals surface area contributed by atoms with Crippen LogP contribution in [0.1, 0.15) is 12.0 Å². The Bertz CT molecular complexity index is 461. The number of rotatable bonds is 6. The Balaban J connectivity index is 2.45. The molecule has 5 N–H and O–H groups in total. The minimum absolute atomic E-state index is 0.0503. The lowest BCUT2D eigenvalue weighted by molar-refractivity contribution is -0.125. The molecule has 19 heavy (non-hydrogen) atoms. The minimum Gasteiger partial charge on any atom is -0.445 e. The largest absolute Gasteiger partial charge is 0.445 e.